The first-order chi connectivity index (χ1) is 6.15. The molecule has 74 valence electrons. The predicted octanol–water partition coefficient (Wildman–Crippen LogP) is 0.770. The molecule has 1 amide bonds. The summed E-state index contributed by atoms with van der Waals surface area (Å²) in [5.74, 6) is 0.652. The summed E-state index contributed by atoms with van der Waals surface area (Å²) in [4.78, 5) is 13.2. The minimum Gasteiger partial charge on any atom is -0.388 e. The molecule has 0 aromatic rings. The van der Waals surface area contributed by atoms with Gasteiger partial charge in [0.2, 0.25) is 5.91 Å². The van der Waals surface area contributed by atoms with Crippen LogP contribution in [0.15, 0.2) is 0 Å². The van der Waals surface area contributed by atoms with Crippen LogP contribution in [0.5, 0.6) is 0 Å². The lowest BCUT2D eigenvalue weighted by Gasteiger charge is -2.22. The van der Waals surface area contributed by atoms with Crippen molar-refractivity contribution in [3.63, 3.8) is 0 Å². The average molecular weight is 183 g/mol. The van der Waals surface area contributed by atoms with E-state index in [4.69, 9.17) is 0 Å². The molecular formula is C10H17NO2. The highest BCUT2D eigenvalue weighted by atomic mass is 16.3. The van der Waals surface area contributed by atoms with Crippen molar-refractivity contribution in [3.8, 4) is 0 Å². The predicted molar refractivity (Wildman–Crippen MR) is 49.2 cm³/mol. The Morgan fingerprint density at radius 3 is 2.85 bits per heavy atom. The zero-order valence-electron chi connectivity index (χ0n) is 8.12. The molecule has 0 bridgehead atoms. The third-order valence-electron chi connectivity index (χ3n) is 3.27. The maximum Gasteiger partial charge on any atom is 0.222 e. The largest absolute Gasteiger partial charge is 0.388 e. The van der Waals surface area contributed by atoms with Gasteiger partial charge in [-0.15, -0.1) is 0 Å². The zero-order chi connectivity index (χ0) is 9.47. The molecular weight excluding hydrogens is 166 g/mol. The van der Waals surface area contributed by atoms with E-state index in [0.717, 1.165) is 25.8 Å². The molecule has 2 fully saturated rings. The fourth-order valence-corrected chi connectivity index (χ4v) is 2.21. The van der Waals surface area contributed by atoms with Crippen LogP contribution in [-0.2, 0) is 4.79 Å². The van der Waals surface area contributed by atoms with Crippen LogP contribution >= 0.6 is 0 Å². The van der Waals surface area contributed by atoms with E-state index >= 15 is 0 Å². The molecule has 1 saturated carbocycles. The summed E-state index contributed by atoms with van der Waals surface area (Å²) in [6, 6.07) is 0. The van der Waals surface area contributed by atoms with E-state index in [9.17, 15) is 9.90 Å². The van der Waals surface area contributed by atoms with E-state index in [1.54, 1.807) is 4.90 Å². The Balaban J connectivity index is 1.96. The van der Waals surface area contributed by atoms with Crippen molar-refractivity contribution >= 4 is 5.91 Å². The topological polar surface area (TPSA) is 40.5 Å². The third kappa shape index (κ3) is 1.57. The van der Waals surface area contributed by atoms with E-state index < -0.39 is 5.60 Å². The number of likely N-dealkylation sites (tertiary alicyclic amines) is 1. The molecule has 1 atom stereocenters. The summed E-state index contributed by atoms with van der Waals surface area (Å²) in [6.07, 6.45) is 3.62. The number of rotatable bonds is 2. The van der Waals surface area contributed by atoms with Crippen molar-refractivity contribution in [1.29, 1.82) is 0 Å². The molecule has 2 rings (SSSR count). The molecule has 13 heavy (non-hydrogen) atoms. The van der Waals surface area contributed by atoms with Gasteiger partial charge in [-0.2, -0.15) is 0 Å². The molecule has 1 aliphatic heterocycles. The minimum absolute atomic E-state index is 0.177. The van der Waals surface area contributed by atoms with Crippen LogP contribution in [0, 0.1) is 5.92 Å². The summed E-state index contributed by atoms with van der Waals surface area (Å²) in [6.45, 7) is 3.20. The van der Waals surface area contributed by atoms with Gasteiger partial charge in [-0.1, -0.05) is 6.92 Å². The molecule has 0 spiro atoms. The molecule has 1 aliphatic carbocycles. The van der Waals surface area contributed by atoms with Crippen LogP contribution in [0.25, 0.3) is 0 Å². The first-order valence-corrected chi connectivity index (χ1v) is 5.16. The average Bonchev–Trinajstić information content (AvgIpc) is 2.90. The molecule has 1 unspecified atom stereocenters. The number of aliphatic hydroxyl groups is 1. The lowest BCUT2D eigenvalue weighted by atomic mass is 9.97. The monoisotopic (exact) mass is 183 g/mol. The number of carbonyl (C=O) groups is 1. The molecule has 0 aromatic heterocycles. The van der Waals surface area contributed by atoms with E-state index in [2.05, 4.69) is 0 Å². The van der Waals surface area contributed by atoms with Gasteiger partial charge in [-0.3, -0.25) is 4.79 Å². The standard InChI is InChI=1S/C10H17NO2/c1-2-9(12)11-6-5-10(13,7-11)8-3-4-8/h8,13H,2-7H2,1H3. The Bertz CT molecular complexity index is 225. The van der Waals surface area contributed by atoms with Crippen LogP contribution in [-0.4, -0.2) is 34.6 Å². The van der Waals surface area contributed by atoms with Gasteiger partial charge in [-0.05, 0) is 25.2 Å². The fourth-order valence-electron chi connectivity index (χ4n) is 2.21. The molecule has 0 radical (unpaired) electrons. The SMILES string of the molecule is CCC(=O)N1CCC(O)(C2CC2)C1. The second kappa shape index (κ2) is 2.98. The first-order valence-electron chi connectivity index (χ1n) is 5.16. The van der Waals surface area contributed by atoms with Gasteiger partial charge in [0.05, 0.1) is 5.60 Å². The number of hydrogen-bond acceptors (Lipinski definition) is 2. The Morgan fingerprint density at radius 1 is 1.62 bits per heavy atom. The molecule has 3 nitrogen and oxygen atoms in total. The maximum atomic E-state index is 11.4. The smallest absolute Gasteiger partial charge is 0.222 e. The van der Waals surface area contributed by atoms with Crippen LogP contribution in [0.3, 0.4) is 0 Å². The van der Waals surface area contributed by atoms with Crippen molar-refractivity contribution in [2.75, 3.05) is 13.1 Å². The quantitative estimate of drug-likeness (QED) is 0.687. The van der Waals surface area contributed by atoms with Crippen LogP contribution in [0.2, 0.25) is 0 Å². The Labute approximate surface area is 78.7 Å². The van der Waals surface area contributed by atoms with Crippen molar-refractivity contribution in [3.05, 3.63) is 0 Å². The van der Waals surface area contributed by atoms with Gasteiger partial charge in [0.15, 0.2) is 0 Å². The summed E-state index contributed by atoms with van der Waals surface area (Å²) in [5, 5.41) is 10.2. The Kier molecular flexibility index (Phi) is 2.06. The van der Waals surface area contributed by atoms with Crippen molar-refractivity contribution in [2.45, 2.75) is 38.2 Å². The van der Waals surface area contributed by atoms with Crippen LogP contribution in [0.1, 0.15) is 32.6 Å². The Hall–Kier alpha value is -0.570. The summed E-state index contributed by atoms with van der Waals surface area (Å²) in [5.41, 5.74) is -0.537. The Morgan fingerprint density at radius 2 is 2.31 bits per heavy atom. The number of nitrogens with zero attached hydrogens (tertiary/aromatic N) is 1. The van der Waals surface area contributed by atoms with E-state index in [-0.39, 0.29) is 5.91 Å². The molecule has 3 heteroatoms. The molecule has 1 saturated heterocycles. The highest BCUT2D eigenvalue weighted by Crippen LogP contribution is 2.44. The molecule has 0 aromatic carbocycles. The second-order valence-corrected chi connectivity index (χ2v) is 4.30. The van der Waals surface area contributed by atoms with Gasteiger partial charge < -0.3 is 10.0 Å². The van der Waals surface area contributed by atoms with E-state index in [1.165, 1.54) is 0 Å². The van der Waals surface area contributed by atoms with Gasteiger partial charge >= 0.3 is 0 Å². The van der Waals surface area contributed by atoms with Crippen LogP contribution in [0.4, 0.5) is 0 Å². The van der Waals surface area contributed by atoms with Gasteiger partial charge in [0, 0.05) is 19.5 Å². The minimum atomic E-state index is -0.537. The number of hydrogen-bond donors (Lipinski definition) is 1. The highest BCUT2D eigenvalue weighted by molar-refractivity contribution is 5.76. The van der Waals surface area contributed by atoms with Gasteiger partial charge in [-0.25, -0.2) is 0 Å². The van der Waals surface area contributed by atoms with Gasteiger partial charge in [0.1, 0.15) is 0 Å². The normalized spacial score (nSPS) is 33.8. The summed E-state index contributed by atoms with van der Waals surface area (Å²) < 4.78 is 0. The number of amides is 1. The number of β-amino-alcohol motifs (C(OH)–C–C–N with tert-alkyl or cyclic N) is 1. The van der Waals surface area contributed by atoms with Crippen molar-refractivity contribution < 1.29 is 9.90 Å². The lowest BCUT2D eigenvalue weighted by Crippen LogP contribution is -2.37. The lowest BCUT2D eigenvalue weighted by molar-refractivity contribution is -0.130. The van der Waals surface area contributed by atoms with Crippen LogP contribution < -0.4 is 0 Å². The third-order valence-corrected chi connectivity index (χ3v) is 3.27. The molecule has 1 N–H and O–H groups in total. The molecule has 2 aliphatic rings. The zero-order valence-corrected chi connectivity index (χ0v) is 8.12. The maximum absolute atomic E-state index is 11.4. The van der Waals surface area contributed by atoms with E-state index in [0.29, 0.717) is 18.9 Å². The van der Waals surface area contributed by atoms with E-state index in [1.807, 2.05) is 6.92 Å². The van der Waals surface area contributed by atoms with Crippen molar-refractivity contribution in [2.24, 2.45) is 5.92 Å². The molecule has 1 heterocycles. The van der Waals surface area contributed by atoms with Gasteiger partial charge in [0.25, 0.3) is 0 Å². The summed E-state index contributed by atoms with van der Waals surface area (Å²) >= 11 is 0. The van der Waals surface area contributed by atoms with Crippen molar-refractivity contribution in [1.82, 2.24) is 4.90 Å². The second-order valence-electron chi connectivity index (χ2n) is 4.30. The summed E-state index contributed by atoms with van der Waals surface area (Å²) in [7, 11) is 0. The highest BCUT2D eigenvalue weighted by Gasteiger charge is 2.48. The first kappa shape index (κ1) is 9.00. The fraction of sp³-hybridized carbons (Fsp3) is 0.900. The number of carbonyl (C=O) groups excluding carboxylic acids is 1.